The summed E-state index contributed by atoms with van der Waals surface area (Å²) in [5, 5.41) is 2.61. The van der Waals surface area contributed by atoms with Crippen LogP contribution in [0.25, 0.3) is 0 Å². The number of hydrogen-bond donors (Lipinski definition) is 2. The number of aryl methyl sites for hydroxylation is 1. The molecule has 0 aliphatic heterocycles. The molecular formula is C18H22N2O5S. The average molecular weight is 378 g/mol. The van der Waals surface area contributed by atoms with Gasteiger partial charge in [-0.1, -0.05) is 30.3 Å². The van der Waals surface area contributed by atoms with Gasteiger partial charge in [-0.15, -0.1) is 0 Å². The van der Waals surface area contributed by atoms with Crippen LogP contribution in [-0.2, 0) is 21.2 Å². The van der Waals surface area contributed by atoms with Gasteiger partial charge in [0.15, 0.2) is 11.5 Å². The number of sulfonamides is 1. The molecule has 1 amide bonds. The van der Waals surface area contributed by atoms with E-state index in [0.29, 0.717) is 23.6 Å². The summed E-state index contributed by atoms with van der Waals surface area (Å²) in [4.78, 5) is 12.0. The molecule has 2 N–H and O–H groups in total. The van der Waals surface area contributed by atoms with E-state index in [1.54, 1.807) is 18.2 Å². The van der Waals surface area contributed by atoms with E-state index in [4.69, 9.17) is 9.47 Å². The third-order valence-electron chi connectivity index (χ3n) is 3.62. The Kier molecular flexibility index (Phi) is 6.99. The van der Waals surface area contributed by atoms with Crippen LogP contribution in [0.2, 0.25) is 0 Å². The van der Waals surface area contributed by atoms with Crippen molar-refractivity contribution in [2.45, 2.75) is 6.42 Å². The second kappa shape index (κ2) is 9.21. The monoisotopic (exact) mass is 378 g/mol. The fourth-order valence-corrected chi connectivity index (χ4v) is 3.26. The number of ether oxygens (including phenoxy) is 2. The van der Waals surface area contributed by atoms with Gasteiger partial charge in [-0.2, -0.15) is 0 Å². The van der Waals surface area contributed by atoms with E-state index in [2.05, 4.69) is 10.0 Å². The predicted octanol–water partition coefficient (Wildman–Crippen LogP) is 1.80. The van der Waals surface area contributed by atoms with Crippen molar-refractivity contribution >= 4 is 21.6 Å². The second-order valence-corrected chi connectivity index (χ2v) is 7.42. The van der Waals surface area contributed by atoms with E-state index in [9.17, 15) is 13.2 Å². The van der Waals surface area contributed by atoms with Crippen LogP contribution in [0.4, 0.5) is 5.69 Å². The van der Waals surface area contributed by atoms with Crippen molar-refractivity contribution in [1.82, 2.24) is 4.72 Å². The first-order valence-corrected chi connectivity index (χ1v) is 9.62. The van der Waals surface area contributed by atoms with E-state index >= 15 is 0 Å². The molecule has 0 heterocycles. The molecule has 0 saturated carbocycles. The van der Waals surface area contributed by atoms with E-state index in [1.165, 1.54) is 14.2 Å². The zero-order valence-corrected chi connectivity index (χ0v) is 15.5. The molecule has 0 aliphatic rings. The highest BCUT2D eigenvalue weighted by atomic mass is 32.2. The molecule has 8 heteroatoms. The Balaban J connectivity index is 1.85. The summed E-state index contributed by atoms with van der Waals surface area (Å²) >= 11 is 0. The summed E-state index contributed by atoms with van der Waals surface area (Å²) in [6.07, 6.45) is 0.382. The maximum absolute atomic E-state index is 12.0. The van der Waals surface area contributed by atoms with E-state index in [-0.39, 0.29) is 12.3 Å². The van der Waals surface area contributed by atoms with Crippen LogP contribution in [-0.4, -0.2) is 40.8 Å². The predicted molar refractivity (Wildman–Crippen MR) is 100 cm³/mol. The highest BCUT2D eigenvalue weighted by Gasteiger charge is 2.13. The third-order valence-corrected chi connectivity index (χ3v) is 4.95. The van der Waals surface area contributed by atoms with Gasteiger partial charge in [0, 0.05) is 11.8 Å². The Morgan fingerprint density at radius 3 is 2.35 bits per heavy atom. The van der Waals surface area contributed by atoms with Gasteiger partial charge in [-0.05, 0) is 24.1 Å². The van der Waals surface area contributed by atoms with Crippen LogP contribution in [0.3, 0.4) is 0 Å². The molecule has 7 nitrogen and oxygen atoms in total. The Hall–Kier alpha value is -2.58. The zero-order chi connectivity index (χ0) is 19.0. The molecule has 0 radical (unpaired) electrons. The molecular weight excluding hydrogens is 356 g/mol. The van der Waals surface area contributed by atoms with Crippen molar-refractivity contribution in [2.75, 3.05) is 31.8 Å². The minimum Gasteiger partial charge on any atom is -0.493 e. The summed E-state index contributed by atoms with van der Waals surface area (Å²) in [5.74, 6) is 0.446. The number of benzene rings is 2. The lowest BCUT2D eigenvalue weighted by molar-refractivity contribution is -0.115. The number of carbonyl (C=O) groups is 1. The maximum Gasteiger partial charge on any atom is 0.239 e. The Morgan fingerprint density at radius 1 is 1.00 bits per heavy atom. The average Bonchev–Trinajstić information content (AvgIpc) is 2.66. The van der Waals surface area contributed by atoms with Gasteiger partial charge in [-0.25, -0.2) is 13.1 Å². The molecule has 140 valence electrons. The Labute approximate surface area is 153 Å². The third kappa shape index (κ3) is 6.05. The molecule has 0 spiro atoms. The molecule has 0 unspecified atom stereocenters. The highest BCUT2D eigenvalue weighted by molar-refractivity contribution is 7.89. The molecule has 26 heavy (non-hydrogen) atoms. The zero-order valence-electron chi connectivity index (χ0n) is 14.7. The molecule has 2 aromatic carbocycles. The quantitative estimate of drug-likeness (QED) is 0.694. The first kappa shape index (κ1) is 19.7. The fourth-order valence-electron chi connectivity index (χ4n) is 2.26. The first-order chi connectivity index (χ1) is 12.4. The smallest absolute Gasteiger partial charge is 0.239 e. The molecule has 2 rings (SSSR count). The van der Waals surface area contributed by atoms with Crippen LogP contribution >= 0.6 is 0 Å². The molecule has 0 saturated heterocycles. The normalized spacial score (nSPS) is 11.0. The number of nitrogens with one attached hydrogen (secondary N) is 2. The Morgan fingerprint density at radius 2 is 1.69 bits per heavy atom. The molecule has 0 fully saturated rings. The number of methoxy groups -OCH3 is 2. The van der Waals surface area contributed by atoms with Gasteiger partial charge in [0.1, 0.15) is 0 Å². The van der Waals surface area contributed by atoms with Gasteiger partial charge >= 0.3 is 0 Å². The van der Waals surface area contributed by atoms with Crippen LogP contribution in [0.15, 0.2) is 48.5 Å². The van der Waals surface area contributed by atoms with Crippen LogP contribution in [0.1, 0.15) is 5.56 Å². The topological polar surface area (TPSA) is 93.7 Å². The van der Waals surface area contributed by atoms with Crippen molar-refractivity contribution in [3.8, 4) is 11.5 Å². The SMILES string of the molecule is COc1ccc(NC(=O)CNS(=O)(=O)CCc2ccccc2)cc1OC. The lowest BCUT2D eigenvalue weighted by atomic mass is 10.2. The van der Waals surface area contributed by atoms with Crippen LogP contribution in [0.5, 0.6) is 11.5 Å². The summed E-state index contributed by atoms with van der Waals surface area (Å²) in [6, 6.07) is 14.2. The minimum atomic E-state index is -3.55. The minimum absolute atomic E-state index is 0.0827. The van der Waals surface area contributed by atoms with Crippen molar-refractivity contribution in [3.63, 3.8) is 0 Å². The first-order valence-electron chi connectivity index (χ1n) is 7.96. The number of rotatable bonds is 9. The molecule has 0 atom stereocenters. The highest BCUT2D eigenvalue weighted by Crippen LogP contribution is 2.29. The Bertz CT molecular complexity index is 838. The van der Waals surface area contributed by atoms with Crippen molar-refractivity contribution in [2.24, 2.45) is 0 Å². The number of carbonyl (C=O) groups excluding carboxylic acids is 1. The summed E-state index contributed by atoms with van der Waals surface area (Å²) in [7, 11) is -0.542. The van der Waals surface area contributed by atoms with E-state index < -0.39 is 15.9 Å². The summed E-state index contributed by atoms with van der Waals surface area (Å²) < 4.78 is 36.6. The maximum atomic E-state index is 12.0. The van der Waals surface area contributed by atoms with Gasteiger partial charge in [-0.3, -0.25) is 4.79 Å². The van der Waals surface area contributed by atoms with Crippen molar-refractivity contribution in [3.05, 3.63) is 54.1 Å². The van der Waals surface area contributed by atoms with Crippen molar-refractivity contribution in [1.29, 1.82) is 0 Å². The summed E-state index contributed by atoms with van der Waals surface area (Å²) in [5.41, 5.74) is 1.41. The van der Waals surface area contributed by atoms with Crippen molar-refractivity contribution < 1.29 is 22.7 Å². The summed E-state index contributed by atoms with van der Waals surface area (Å²) in [6.45, 7) is -0.342. The lowest BCUT2D eigenvalue weighted by Gasteiger charge is -2.11. The molecule has 0 aliphatic carbocycles. The lowest BCUT2D eigenvalue weighted by Crippen LogP contribution is -2.34. The largest absolute Gasteiger partial charge is 0.493 e. The van der Waals surface area contributed by atoms with Gasteiger partial charge in [0.05, 0.1) is 26.5 Å². The van der Waals surface area contributed by atoms with E-state index in [1.807, 2.05) is 30.3 Å². The number of anilines is 1. The second-order valence-electron chi connectivity index (χ2n) is 5.49. The number of hydrogen-bond acceptors (Lipinski definition) is 5. The molecule has 0 bridgehead atoms. The van der Waals surface area contributed by atoms with Gasteiger partial charge in [0.25, 0.3) is 0 Å². The van der Waals surface area contributed by atoms with Crippen LogP contribution in [0, 0.1) is 0 Å². The standard InChI is InChI=1S/C18H22N2O5S/c1-24-16-9-8-15(12-17(16)25-2)20-18(21)13-19-26(22,23)11-10-14-6-4-3-5-7-14/h3-9,12,19H,10-11,13H2,1-2H3,(H,20,21). The molecule has 0 aromatic heterocycles. The van der Waals surface area contributed by atoms with Gasteiger partial charge in [0.2, 0.25) is 15.9 Å². The van der Waals surface area contributed by atoms with Gasteiger partial charge < -0.3 is 14.8 Å². The van der Waals surface area contributed by atoms with Crippen LogP contribution < -0.4 is 19.5 Å². The van der Waals surface area contributed by atoms with E-state index in [0.717, 1.165) is 5.56 Å². The fraction of sp³-hybridized carbons (Fsp3) is 0.278. The molecule has 2 aromatic rings. The number of amides is 1.